The van der Waals surface area contributed by atoms with Crippen molar-refractivity contribution in [3.8, 4) is 0 Å². The van der Waals surface area contributed by atoms with Gasteiger partial charge in [0.15, 0.2) is 5.84 Å². The summed E-state index contributed by atoms with van der Waals surface area (Å²) in [5.74, 6) is 0.0208. The Kier molecular flexibility index (Phi) is 5.34. The zero-order valence-corrected chi connectivity index (χ0v) is 12.3. The Bertz CT molecular complexity index is 600. The minimum atomic E-state index is 0.0208. The van der Waals surface area contributed by atoms with Gasteiger partial charge in [0.25, 0.3) is 0 Å². The second kappa shape index (κ2) is 7.23. The van der Waals surface area contributed by atoms with Crippen molar-refractivity contribution in [1.29, 1.82) is 0 Å². The van der Waals surface area contributed by atoms with Crippen LogP contribution >= 0.6 is 22.9 Å². The SMILES string of the molecule is N/C(=N/O)c1ncccc1CNCCc1ccc(Cl)s1. The minimum Gasteiger partial charge on any atom is -0.409 e. The smallest absolute Gasteiger partial charge is 0.189 e. The third-order valence-corrected chi connectivity index (χ3v) is 4.03. The Labute approximate surface area is 126 Å². The van der Waals surface area contributed by atoms with Crippen molar-refractivity contribution in [2.75, 3.05) is 6.54 Å². The summed E-state index contributed by atoms with van der Waals surface area (Å²) < 4.78 is 0.807. The molecule has 106 valence electrons. The van der Waals surface area contributed by atoms with Gasteiger partial charge in [-0.1, -0.05) is 22.8 Å². The average molecular weight is 311 g/mol. The molecule has 4 N–H and O–H groups in total. The molecule has 5 nitrogen and oxygen atoms in total. The van der Waals surface area contributed by atoms with Crippen LogP contribution < -0.4 is 11.1 Å². The highest BCUT2D eigenvalue weighted by Gasteiger charge is 2.07. The van der Waals surface area contributed by atoms with Gasteiger partial charge in [-0.05, 0) is 30.2 Å². The van der Waals surface area contributed by atoms with Crippen molar-refractivity contribution in [3.63, 3.8) is 0 Å². The van der Waals surface area contributed by atoms with E-state index < -0.39 is 0 Å². The minimum absolute atomic E-state index is 0.0208. The van der Waals surface area contributed by atoms with Crippen molar-refractivity contribution >= 4 is 28.8 Å². The second-order valence-corrected chi connectivity index (χ2v) is 5.93. The van der Waals surface area contributed by atoms with Crippen LogP contribution in [0.3, 0.4) is 0 Å². The van der Waals surface area contributed by atoms with E-state index in [-0.39, 0.29) is 5.84 Å². The van der Waals surface area contributed by atoms with E-state index in [4.69, 9.17) is 22.5 Å². The van der Waals surface area contributed by atoms with E-state index >= 15 is 0 Å². The Morgan fingerprint density at radius 3 is 3.00 bits per heavy atom. The van der Waals surface area contributed by atoms with Crippen LogP contribution in [0.25, 0.3) is 0 Å². The second-order valence-electron chi connectivity index (χ2n) is 4.13. The standard InChI is InChI=1S/C13H15ClN4OS/c14-11-4-3-10(20-11)5-7-16-8-9-2-1-6-17-12(9)13(15)18-19/h1-4,6,16,19H,5,7-8H2,(H2,15,18). The van der Waals surface area contributed by atoms with E-state index in [1.165, 1.54) is 4.88 Å². The number of halogens is 1. The van der Waals surface area contributed by atoms with Gasteiger partial charge < -0.3 is 16.3 Å². The molecule has 0 aliphatic carbocycles. The molecule has 0 unspecified atom stereocenters. The summed E-state index contributed by atoms with van der Waals surface area (Å²) in [4.78, 5) is 5.36. The molecule has 0 aliphatic heterocycles. The fourth-order valence-electron chi connectivity index (χ4n) is 1.78. The van der Waals surface area contributed by atoms with Crippen LogP contribution in [0.1, 0.15) is 16.1 Å². The maximum Gasteiger partial charge on any atom is 0.189 e. The van der Waals surface area contributed by atoms with Gasteiger partial charge in [0, 0.05) is 24.2 Å². The molecular formula is C13H15ClN4OS. The molecule has 0 amide bonds. The number of pyridine rings is 1. The Morgan fingerprint density at radius 1 is 1.45 bits per heavy atom. The van der Waals surface area contributed by atoms with Crippen LogP contribution in [-0.2, 0) is 13.0 Å². The van der Waals surface area contributed by atoms with E-state index in [0.29, 0.717) is 12.2 Å². The summed E-state index contributed by atoms with van der Waals surface area (Å²) >= 11 is 7.47. The number of rotatable bonds is 6. The van der Waals surface area contributed by atoms with E-state index in [1.807, 2.05) is 24.3 Å². The third-order valence-electron chi connectivity index (χ3n) is 2.73. The fraction of sp³-hybridized carbons (Fsp3) is 0.231. The molecule has 2 heterocycles. The van der Waals surface area contributed by atoms with Gasteiger partial charge in [0.2, 0.25) is 0 Å². The summed E-state index contributed by atoms with van der Waals surface area (Å²) in [6, 6.07) is 7.65. The van der Waals surface area contributed by atoms with E-state index in [0.717, 1.165) is 22.9 Å². The summed E-state index contributed by atoms with van der Waals surface area (Å²) in [6.45, 7) is 1.43. The highest BCUT2D eigenvalue weighted by atomic mass is 35.5. The van der Waals surface area contributed by atoms with Gasteiger partial charge in [-0.25, -0.2) is 0 Å². The van der Waals surface area contributed by atoms with Gasteiger partial charge >= 0.3 is 0 Å². The summed E-state index contributed by atoms with van der Waals surface area (Å²) in [5, 5.41) is 15.0. The van der Waals surface area contributed by atoms with Crippen molar-refractivity contribution in [2.45, 2.75) is 13.0 Å². The predicted molar refractivity (Wildman–Crippen MR) is 81.5 cm³/mol. The lowest BCUT2D eigenvalue weighted by atomic mass is 10.2. The molecule has 0 spiro atoms. The van der Waals surface area contributed by atoms with Gasteiger partial charge in [-0.15, -0.1) is 11.3 Å². The number of aromatic nitrogens is 1. The Balaban J connectivity index is 1.88. The normalized spacial score (nSPS) is 11.8. The predicted octanol–water partition coefficient (Wildman–Crippen LogP) is 2.22. The van der Waals surface area contributed by atoms with E-state index in [2.05, 4.69) is 15.5 Å². The first kappa shape index (κ1) is 14.8. The first-order chi connectivity index (χ1) is 9.70. The molecule has 0 saturated heterocycles. The molecular weight excluding hydrogens is 296 g/mol. The van der Waals surface area contributed by atoms with Crippen LogP contribution in [0.2, 0.25) is 4.34 Å². The summed E-state index contributed by atoms with van der Waals surface area (Å²) in [6.07, 6.45) is 2.53. The molecule has 2 aromatic heterocycles. The van der Waals surface area contributed by atoms with Crippen LogP contribution in [0.15, 0.2) is 35.6 Å². The van der Waals surface area contributed by atoms with E-state index in [9.17, 15) is 0 Å². The molecule has 0 aliphatic rings. The first-order valence-corrected chi connectivity index (χ1v) is 7.27. The van der Waals surface area contributed by atoms with Crippen LogP contribution in [0.4, 0.5) is 0 Å². The number of amidine groups is 1. The van der Waals surface area contributed by atoms with Crippen molar-refractivity contribution < 1.29 is 5.21 Å². The van der Waals surface area contributed by atoms with Crippen LogP contribution in [0.5, 0.6) is 0 Å². The topological polar surface area (TPSA) is 83.5 Å². The Hall–Kier alpha value is -1.63. The third kappa shape index (κ3) is 3.93. The van der Waals surface area contributed by atoms with Crippen molar-refractivity contribution in [2.24, 2.45) is 10.9 Å². The average Bonchev–Trinajstić information content (AvgIpc) is 2.89. The molecule has 2 rings (SSSR count). The lowest BCUT2D eigenvalue weighted by Gasteiger charge is -2.08. The number of nitrogens with zero attached hydrogens (tertiary/aromatic N) is 2. The molecule has 7 heteroatoms. The lowest BCUT2D eigenvalue weighted by molar-refractivity contribution is 0.318. The summed E-state index contributed by atoms with van der Waals surface area (Å²) in [7, 11) is 0. The molecule has 0 fully saturated rings. The fourth-order valence-corrected chi connectivity index (χ4v) is 2.87. The maximum absolute atomic E-state index is 8.73. The molecule has 0 bridgehead atoms. The van der Waals surface area contributed by atoms with Crippen molar-refractivity contribution in [3.05, 3.63) is 50.9 Å². The van der Waals surface area contributed by atoms with Crippen LogP contribution in [0, 0.1) is 0 Å². The van der Waals surface area contributed by atoms with E-state index in [1.54, 1.807) is 17.5 Å². The van der Waals surface area contributed by atoms with Crippen molar-refractivity contribution in [1.82, 2.24) is 10.3 Å². The number of hydrogen-bond acceptors (Lipinski definition) is 5. The zero-order chi connectivity index (χ0) is 14.4. The van der Waals surface area contributed by atoms with Gasteiger partial charge in [-0.3, -0.25) is 4.98 Å². The lowest BCUT2D eigenvalue weighted by Crippen LogP contribution is -2.22. The molecule has 0 atom stereocenters. The van der Waals surface area contributed by atoms with Crippen LogP contribution in [-0.4, -0.2) is 22.6 Å². The molecule has 20 heavy (non-hydrogen) atoms. The monoisotopic (exact) mass is 310 g/mol. The number of nitrogens with two attached hydrogens (primary N) is 1. The van der Waals surface area contributed by atoms with Gasteiger partial charge in [0.05, 0.1) is 4.34 Å². The number of nitrogens with one attached hydrogen (secondary N) is 1. The molecule has 0 radical (unpaired) electrons. The summed E-state index contributed by atoms with van der Waals surface area (Å²) in [5.41, 5.74) is 6.99. The first-order valence-electron chi connectivity index (χ1n) is 6.07. The number of thiophene rings is 1. The number of hydrogen-bond donors (Lipinski definition) is 3. The molecule has 0 aromatic carbocycles. The maximum atomic E-state index is 8.73. The van der Waals surface area contributed by atoms with Gasteiger partial charge in [-0.2, -0.15) is 0 Å². The highest BCUT2D eigenvalue weighted by Crippen LogP contribution is 2.21. The molecule has 0 saturated carbocycles. The highest BCUT2D eigenvalue weighted by molar-refractivity contribution is 7.16. The molecule has 2 aromatic rings. The Morgan fingerprint density at radius 2 is 2.30 bits per heavy atom. The largest absolute Gasteiger partial charge is 0.409 e. The zero-order valence-electron chi connectivity index (χ0n) is 10.7. The number of oxime groups is 1. The quantitative estimate of drug-likeness (QED) is 0.251. The van der Waals surface area contributed by atoms with Gasteiger partial charge in [0.1, 0.15) is 5.69 Å².